The first-order chi connectivity index (χ1) is 8.97. The van der Waals surface area contributed by atoms with Gasteiger partial charge in [-0.25, -0.2) is 0 Å². The summed E-state index contributed by atoms with van der Waals surface area (Å²) in [5, 5.41) is 0. The average molecular weight is 265 g/mol. The normalized spacial score (nSPS) is 21.7. The van der Waals surface area contributed by atoms with Crippen LogP contribution >= 0.6 is 0 Å². The van der Waals surface area contributed by atoms with Crippen molar-refractivity contribution in [3.8, 4) is 0 Å². The van der Waals surface area contributed by atoms with Gasteiger partial charge in [0.25, 0.3) is 0 Å². The number of amides is 1. The number of hydrogen-bond donors (Lipinski definition) is 0. The third-order valence-corrected chi connectivity index (χ3v) is 3.52. The van der Waals surface area contributed by atoms with E-state index < -0.39 is 0 Å². The Balaban J connectivity index is 1.82. The average Bonchev–Trinajstić information content (AvgIpc) is 2.89. The Kier molecular flexibility index (Phi) is 4.30. The molecule has 0 aromatic carbocycles. The highest BCUT2D eigenvalue weighted by atomic mass is 16.5. The molecule has 2 unspecified atom stereocenters. The molecule has 1 aromatic heterocycles. The number of ether oxygens (including phenoxy) is 1. The molecule has 0 spiro atoms. The first kappa shape index (κ1) is 14.1. The molecule has 0 aliphatic heterocycles. The summed E-state index contributed by atoms with van der Waals surface area (Å²) in [7, 11) is 1.77. The summed E-state index contributed by atoms with van der Waals surface area (Å²) >= 11 is 0. The smallest absolute Gasteiger partial charge is 0.248 e. The van der Waals surface area contributed by atoms with Crippen LogP contribution in [-0.4, -0.2) is 30.6 Å². The molecule has 1 aromatic rings. The maximum absolute atomic E-state index is 11.8. The van der Waals surface area contributed by atoms with Crippen molar-refractivity contribution in [2.75, 3.05) is 13.7 Å². The molecule has 106 valence electrons. The molecule has 0 radical (unpaired) electrons. The Morgan fingerprint density at radius 2 is 2.21 bits per heavy atom. The second kappa shape index (κ2) is 5.78. The summed E-state index contributed by atoms with van der Waals surface area (Å²) in [4.78, 5) is 13.5. The Morgan fingerprint density at radius 3 is 2.79 bits per heavy atom. The van der Waals surface area contributed by atoms with Crippen molar-refractivity contribution in [1.29, 1.82) is 0 Å². The fourth-order valence-electron chi connectivity index (χ4n) is 2.07. The maximum Gasteiger partial charge on any atom is 0.248 e. The third-order valence-electron chi connectivity index (χ3n) is 3.52. The van der Waals surface area contributed by atoms with E-state index >= 15 is 0 Å². The Morgan fingerprint density at radius 1 is 1.53 bits per heavy atom. The van der Waals surface area contributed by atoms with Crippen molar-refractivity contribution < 1.29 is 13.9 Å². The minimum atomic E-state index is -0.0218. The molecule has 19 heavy (non-hydrogen) atoms. The molecule has 1 saturated carbocycles. The Labute approximate surface area is 114 Å². The van der Waals surface area contributed by atoms with E-state index in [2.05, 4.69) is 6.92 Å². The molecule has 0 saturated heterocycles. The van der Waals surface area contributed by atoms with Gasteiger partial charge in [-0.1, -0.05) is 6.92 Å². The molecule has 1 aliphatic rings. The van der Waals surface area contributed by atoms with Gasteiger partial charge in [-0.15, -0.1) is 0 Å². The third kappa shape index (κ3) is 3.83. The first-order valence-electron chi connectivity index (χ1n) is 6.91. The lowest BCUT2D eigenvalue weighted by atomic mass is 10.3. The lowest BCUT2D eigenvalue weighted by Crippen LogP contribution is -2.30. The molecule has 0 N–H and O–H groups in total. The number of rotatable bonds is 6. The van der Waals surface area contributed by atoms with Crippen LogP contribution in [0.1, 0.15) is 44.6 Å². The number of hydrogen-bond acceptors (Lipinski definition) is 3. The van der Waals surface area contributed by atoms with E-state index in [0.717, 1.165) is 17.4 Å². The molecular weight excluding hydrogens is 242 g/mol. The van der Waals surface area contributed by atoms with Crippen LogP contribution in [0, 0.1) is 5.92 Å². The summed E-state index contributed by atoms with van der Waals surface area (Å²) in [5.74, 6) is 3.19. The van der Waals surface area contributed by atoms with Crippen molar-refractivity contribution in [1.82, 2.24) is 4.90 Å². The van der Waals surface area contributed by atoms with Gasteiger partial charge in [-0.05, 0) is 38.3 Å². The summed E-state index contributed by atoms with van der Waals surface area (Å²) in [5.41, 5.74) is 0. The number of carbonyl (C=O) groups excluding carboxylic acids is 1. The number of furan rings is 1. The van der Waals surface area contributed by atoms with Gasteiger partial charge in [0.1, 0.15) is 18.1 Å². The van der Waals surface area contributed by atoms with Crippen LogP contribution in [0.3, 0.4) is 0 Å². The maximum atomic E-state index is 11.8. The molecule has 0 bridgehead atoms. The predicted molar refractivity (Wildman–Crippen MR) is 72.8 cm³/mol. The highest BCUT2D eigenvalue weighted by molar-refractivity contribution is 5.77. The molecule has 2 atom stereocenters. The standard InChI is InChI=1S/C15H23NO3/c1-10(2)18-9-15(17)16(4)8-12-5-6-14(19-12)13-7-11(13)3/h5-6,10-11,13H,7-9H2,1-4H3. The zero-order chi connectivity index (χ0) is 14.0. The second-order valence-corrected chi connectivity index (χ2v) is 5.73. The van der Waals surface area contributed by atoms with Crippen LogP contribution in [0.15, 0.2) is 16.5 Å². The summed E-state index contributed by atoms with van der Waals surface area (Å²) in [6.07, 6.45) is 1.29. The predicted octanol–water partition coefficient (Wildman–Crippen LogP) is 2.79. The van der Waals surface area contributed by atoms with Gasteiger partial charge < -0.3 is 14.1 Å². The van der Waals surface area contributed by atoms with E-state index in [-0.39, 0.29) is 18.6 Å². The van der Waals surface area contributed by atoms with E-state index in [4.69, 9.17) is 9.15 Å². The molecule has 1 amide bonds. The van der Waals surface area contributed by atoms with Crippen LogP contribution in [0.2, 0.25) is 0 Å². The van der Waals surface area contributed by atoms with Crippen molar-refractivity contribution in [3.63, 3.8) is 0 Å². The van der Waals surface area contributed by atoms with E-state index in [0.29, 0.717) is 12.5 Å². The fraction of sp³-hybridized carbons (Fsp3) is 0.667. The number of carbonyl (C=O) groups is 1. The first-order valence-corrected chi connectivity index (χ1v) is 6.91. The van der Waals surface area contributed by atoms with E-state index in [1.54, 1.807) is 11.9 Å². The zero-order valence-corrected chi connectivity index (χ0v) is 12.2. The van der Waals surface area contributed by atoms with Crippen LogP contribution in [-0.2, 0) is 16.1 Å². The van der Waals surface area contributed by atoms with E-state index in [9.17, 15) is 4.79 Å². The van der Waals surface area contributed by atoms with E-state index in [1.165, 1.54) is 6.42 Å². The Hall–Kier alpha value is -1.29. The quantitative estimate of drug-likeness (QED) is 0.794. The minimum absolute atomic E-state index is 0.0218. The van der Waals surface area contributed by atoms with Crippen LogP contribution < -0.4 is 0 Å². The van der Waals surface area contributed by atoms with Gasteiger partial charge >= 0.3 is 0 Å². The topological polar surface area (TPSA) is 42.7 Å². The summed E-state index contributed by atoms with van der Waals surface area (Å²) in [6.45, 7) is 6.69. The van der Waals surface area contributed by atoms with Crippen molar-refractivity contribution in [3.05, 3.63) is 23.7 Å². The van der Waals surface area contributed by atoms with Crippen molar-refractivity contribution in [2.24, 2.45) is 5.92 Å². The molecule has 1 aliphatic carbocycles. The minimum Gasteiger partial charge on any atom is -0.464 e. The van der Waals surface area contributed by atoms with E-state index in [1.807, 2.05) is 26.0 Å². The molecule has 1 fully saturated rings. The fourth-order valence-corrected chi connectivity index (χ4v) is 2.07. The second-order valence-electron chi connectivity index (χ2n) is 5.73. The molecule has 2 rings (SSSR count). The SMILES string of the molecule is CC(C)OCC(=O)N(C)Cc1ccc(C2CC2C)o1. The number of nitrogens with zero attached hydrogens (tertiary/aromatic N) is 1. The van der Waals surface area contributed by atoms with Gasteiger partial charge in [-0.2, -0.15) is 0 Å². The monoisotopic (exact) mass is 265 g/mol. The Bertz CT molecular complexity index is 438. The van der Waals surface area contributed by atoms with Gasteiger partial charge in [0.15, 0.2) is 0 Å². The lowest BCUT2D eigenvalue weighted by molar-refractivity contribution is -0.137. The highest BCUT2D eigenvalue weighted by Crippen LogP contribution is 2.47. The zero-order valence-electron chi connectivity index (χ0n) is 12.2. The van der Waals surface area contributed by atoms with Crippen LogP contribution in [0.5, 0.6) is 0 Å². The summed E-state index contributed by atoms with van der Waals surface area (Å²) in [6, 6.07) is 4.00. The molecule has 4 nitrogen and oxygen atoms in total. The van der Waals surface area contributed by atoms with Gasteiger partial charge in [0, 0.05) is 13.0 Å². The van der Waals surface area contributed by atoms with Crippen molar-refractivity contribution >= 4 is 5.91 Å². The van der Waals surface area contributed by atoms with Gasteiger partial charge in [0.2, 0.25) is 5.91 Å². The van der Waals surface area contributed by atoms with Gasteiger partial charge in [-0.3, -0.25) is 4.79 Å². The van der Waals surface area contributed by atoms with Crippen molar-refractivity contribution in [2.45, 2.75) is 45.8 Å². The molecule has 4 heteroatoms. The van der Waals surface area contributed by atoms with Gasteiger partial charge in [0.05, 0.1) is 12.6 Å². The number of likely N-dealkylation sites (N-methyl/N-ethyl adjacent to an activating group) is 1. The molecular formula is C15H23NO3. The highest BCUT2D eigenvalue weighted by Gasteiger charge is 2.36. The molecule has 1 heterocycles. The lowest BCUT2D eigenvalue weighted by Gasteiger charge is -2.16. The summed E-state index contributed by atoms with van der Waals surface area (Å²) < 4.78 is 11.1. The largest absolute Gasteiger partial charge is 0.464 e. The van der Waals surface area contributed by atoms with Crippen LogP contribution in [0.25, 0.3) is 0 Å². The van der Waals surface area contributed by atoms with Crippen LogP contribution in [0.4, 0.5) is 0 Å².